The zero-order valence-electron chi connectivity index (χ0n) is 11.4. The van der Waals surface area contributed by atoms with E-state index in [9.17, 15) is 10.1 Å². The molecule has 0 atom stereocenters. The van der Waals surface area contributed by atoms with Crippen molar-refractivity contribution in [2.45, 2.75) is 23.8 Å². The van der Waals surface area contributed by atoms with E-state index in [-0.39, 0.29) is 5.69 Å². The fourth-order valence-electron chi connectivity index (χ4n) is 1.69. The standard InChI is InChI=1S/C13H14N4O2S/c1-8-12(14-3)15-9(2)16-13(8)20-11-6-4-10(5-7-11)17(18)19/h4-7H,1-3H3,(H,14,15,16). The molecule has 0 bridgehead atoms. The lowest BCUT2D eigenvalue weighted by Crippen LogP contribution is -2.01. The molecule has 1 N–H and O–H groups in total. The Kier molecular flexibility index (Phi) is 4.19. The van der Waals surface area contributed by atoms with Crippen LogP contribution in [0.15, 0.2) is 34.2 Å². The minimum Gasteiger partial charge on any atom is -0.373 e. The number of rotatable bonds is 4. The Bertz CT molecular complexity index is 644. The van der Waals surface area contributed by atoms with Gasteiger partial charge in [0.1, 0.15) is 16.7 Å². The van der Waals surface area contributed by atoms with E-state index >= 15 is 0 Å². The number of anilines is 1. The van der Waals surface area contributed by atoms with E-state index in [2.05, 4.69) is 15.3 Å². The molecule has 0 radical (unpaired) electrons. The van der Waals surface area contributed by atoms with Crippen molar-refractivity contribution in [3.63, 3.8) is 0 Å². The molecule has 0 unspecified atom stereocenters. The van der Waals surface area contributed by atoms with Crippen LogP contribution in [0.25, 0.3) is 0 Å². The van der Waals surface area contributed by atoms with Crippen LogP contribution in [0.3, 0.4) is 0 Å². The van der Waals surface area contributed by atoms with Crippen LogP contribution in [0.2, 0.25) is 0 Å². The molecule has 0 aliphatic rings. The minimum atomic E-state index is -0.409. The smallest absolute Gasteiger partial charge is 0.269 e. The zero-order chi connectivity index (χ0) is 14.7. The summed E-state index contributed by atoms with van der Waals surface area (Å²) in [7, 11) is 1.81. The summed E-state index contributed by atoms with van der Waals surface area (Å²) in [5.41, 5.74) is 1.04. The Labute approximate surface area is 120 Å². The zero-order valence-corrected chi connectivity index (χ0v) is 12.2. The summed E-state index contributed by atoms with van der Waals surface area (Å²) in [6.07, 6.45) is 0. The van der Waals surface area contributed by atoms with Crippen LogP contribution < -0.4 is 5.32 Å². The second-order valence-corrected chi connectivity index (χ2v) is 5.21. The monoisotopic (exact) mass is 290 g/mol. The Morgan fingerprint density at radius 3 is 2.40 bits per heavy atom. The molecule has 0 saturated heterocycles. The summed E-state index contributed by atoms with van der Waals surface area (Å²) < 4.78 is 0. The van der Waals surface area contributed by atoms with Crippen molar-refractivity contribution in [1.82, 2.24) is 9.97 Å². The molecular formula is C13H14N4O2S. The number of nitrogens with zero attached hydrogens (tertiary/aromatic N) is 3. The first-order valence-electron chi connectivity index (χ1n) is 5.96. The molecule has 7 heteroatoms. The lowest BCUT2D eigenvalue weighted by Gasteiger charge is -2.10. The van der Waals surface area contributed by atoms with Gasteiger partial charge in [0.15, 0.2) is 0 Å². The normalized spacial score (nSPS) is 10.3. The number of aryl methyl sites for hydroxylation is 1. The largest absolute Gasteiger partial charge is 0.373 e. The summed E-state index contributed by atoms with van der Waals surface area (Å²) in [6.45, 7) is 3.78. The van der Waals surface area contributed by atoms with E-state index in [1.165, 1.54) is 23.9 Å². The van der Waals surface area contributed by atoms with Gasteiger partial charge in [-0.3, -0.25) is 10.1 Å². The highest BCUT2D eigenvalue weighted by atomic mass is 32.2. The van der Waals surface area contributed by atoms with Gasteiger partial charge in [0.05, 0.1) is 4.92 Å². The lowest BCUT2D eigenvalue weighted by atomic mass is 10.3. The summed E-state index contributed by atoms with van der Waals surface area (Å²) in [6, 6.07) is 6.42. The molecule has 20 heavy (non-hydrogen) atoms. The Balaban J connectivity index is 2.30. The second-order valence-electron chi connectivity index (χ2n) is 4.15. The average Bonchev–Trinajstić information content (AvgIpc) is 2.43. The molecule has 1 aromatic carbocycles. The highest BCUT2D eigenvalue weighted by molar-refractivity contribution is 7.99. The summed E-state index contributed by atoms with van der Waals surface area (Å²) in [5, 5.41) is 14.5. The van der Waals surface area contributed by atoms with Crippen LogP contribution in [-0.4, -0.2) is 21.9 Å². The van der Waals surface area contributed by atoms with E-state index in [0.717, 1.165) is 21.3 Å². The number of nitrogens with one attached hydrogen (secondary N) is 1. The first-order chi connectivity index (χ1) is 9.51. The van der Waals surface area contributed by atoms with Crippen molar-refractivity contribution in [1.29, 1.82) is 0 Å². The molecule has 0 spiro atoms. The van der Waals surface area contributed by atoms with Gasteiger partial charge in [0.2, 0.25) is 0 Å². The van der Waals surface area contributed by atoms with Gasteiger partial charge in [0.25, 0.3) is 5.69 Å². The highest BCUT2D eigenvalue weighted by Gasteiger charge is 2.11. The van der Waals surface area contributed by atoms with Crippen LogP contribution in [0, 0.1) is 24.0 Å². The third-order valence-electron chi connectivity index (χ3n) is 2.71. The maximum atomic E-state index is 10.6. The fourth-order valence-corrected chi connectivity index (χ4v) is 2.62. The molecule has 0 amide bonds. The number of nitro benzene ring substituents is 1. The van der Waals surface area contributed by atoms with Gasteiger partial charge in [0, 0.05) is 29.6 Å². The third kappa shape index (κ3) is 3.05. The van der Waals surface area contributed by atoms with Gasteiger partial charge in [-0.2, -0.15) is 0 Å². The quantitative estimate of drug-likeness (QED) is 0.529. The molecule has 0 saturated carbocycles. The predicted molar refractivity (Wildman–Crippen MR) is 78.3 cm³/mol. The van der Waals surface area contributed by atoms with Crippen LogP contribution in [0.1, 0.15) is 11.4 Å². The van der Waals surface area contributed by atoms with Gasteiger partial charge in [-0.25, -0.2) is 9.97 Å². The van der Waals surface area contributed by atoms with Crippen molar-refractivity contribution in [3.05, 3.63) is 45.8 Å². The molecule has 0 aliphatic carbocycles. The number of benzene rings is 1. The molecule has 2 aromatic rings. The fraction of sp³-hybridized carbons (Fsp3) is 0.231. The second kappa shape index (κ2) is 5.87. The first-order valence-corrected chi connectivity index (χ1v) is 6.78. The molecular weight excluding hydrogens is 276 g/mol. The molecule has 2 rings (SSSR count). The van der Waals surface area contributed by atoms with Gasteiger partial charge in [-0.1, -0.05) is 11.8 Å². The number of non-ortho nitro benzene ring substituents is 1. The Morgan fingerprint density at radius 2 is 1.85 bits per heavy atom. The summed E-state index contributed by atoms with van der Waals surface area (Å²) >= 11 is 1.46. The van der Waals surface area contributed by atoms with Crippen molar-refractivity contribution in [3.8, 4) is 0 Å². The topological polar surface area (TPSA) is 81.0 Å². The third-order valence-corrected chi connectivity index (χ3v) is 3.81. The molecule has 104 valence electrons. The van der Waals surface area contributed by atoms with Gasteiger partial charge < -0.3 is 5.32 Å². The minimum absolute atomic E-state index is 0.0841. The highest BCUT2D eigenvalue weighted by Crippen LogP contribution is 2.31. The van der Waals surface area contributed by atoms with Crippen LogP contribution in [0.4, 0.5) is 11.5 Å². The Hall–Kier alpha value is -2.15. The molecule has 0 aliphatic heterocycles. The molecule has 1 aromatic heterocycles. The van der Waals surface area contributed by atoms with Gasteiger partial charge >= 0.3 is 0 Å². The van der Waals surface area contributed by atoms with E-state index in [1.54, 1.807) is 12.1 Å². The number of aromatic nitrogens is 2. The maximum Gasteiger partial charge on any atom is 0.269 e. The van der Waals surface area contributed by atoms with Crippen LogP contribution >= 0.6 is 11.8 Å². The van der Waals surface area contributed by atoms with E-state index in [1.807, 2.05) is 20.9 Å². The summed E-state index contributed by atoms with van der Waals surface area (Å²) in [5.74, 6) is 1.48. The molecule has 6 nitrogen and oxygen atoms in total. The van der Waals surface area contributed by atoms with Crippen molar-refractivity contribution < 1.29 is 4.92 Å². The van der Waals surface area contributed by atoms with Crippen LogP contribution in [-0.2, 0) is 0 Å². The predicted octanol–water partition coefficient (Wildman–Crippen LogP) is 3.19. The van der Waals surface area contributed by atoms with E-state index in [4.69, 9.17) is 0 Å². The molecule has 1 heterocycles. The summed E-state index contributed by atoms with van der Waals surface area (Å²) in [4.78, 5) is 19.8. The number of hydrogen-bond donors (Lipinski definition) is 1. The maximum absolute atomic E-state index is 10.6. The van der Waals surface area contributed by atoms with E-state index in [0.29, 0.717) is 5.82 Å². The SMILES string of the molecule is CNc1nc(C)nc(Sc2ccc([N+](=O)[O-])cc2)c1C. The first kappa shape index (κ1) is 14.3. The van der Waals surface area contributed by atoms with Crippen molar-refractivity contribution in [2.75, 3.05) is 12.4 Å². The number of hydrogen-bond acceptors (Lipinski definition) is 6. The van der Waals surface area contributed by atoms with Crippen molar-refractivity contribution in [2.24, 2.45) is 0 Å². The Morgan fingerprint density at radius 1 is 1.20 bits per heavy atom. The van der Waals surface area contributed by atoms with Gasteiger partial charge in [-0.15, -0.1) is 0 Å². The molecule has 0 fully saturated rings. The average molecular weight is 290 g/mol. The van der Waals surface area contributed by atoms with E-state index < -0.39 is 4.92 Å². The van der Waals surface area contributed by atoms with Gasteiger partial charge in [-0.05, 0) is 26.0 Å². The number of nitro groups is 1. The van der Waals surface area contributed by atoms with Crippen molar-refractivity contribution >= 4 is 23.3 Å². The van der Waals surface area contributed by atoms with Crippen LogP contribution in [0.5, 0.6) is 0 Å². The lowest BCUT2D eigenvalue weighted by molar-refractivity contribution is -0.384.